The van der Waals surface area contributed by atoms with Crippen LogP contribution in [0.3, 0.4) is 0 Å². The minimum Gasteiger partial charge on any atom is -0.329 e. The molecule has 3 fully saturated rings. The van der Waals surface area contributed by atoms with Gasteiger partial charge in [-0.05, 0) is 44.9 Å². The lowest BCUT2D eigenvalue weighted by molar-refractivity contribution is -0.00534. The number of hydrogen-bond acceptors (Lipinski definition) is 3. The highest BCUT2D eigenvalue weighted by atomic mass is 15.3. The van der Waals surface area contributed by atoms with E-state index < -0.39 is 0 Å². The summed E-state index contributed by atoms with van der Waals surface area (Å²) in [4.78, 5) is 5.36. The lowest BCUT2D eigenvalue weighted by Gasteiger charge is -2.50. The molecule has 3 heteroatoms. The van der Waals surface area contributed by atoms with Crippen molar-refractivity contribution in [1.29, 1.82) is 0 Å². The van der Waals surface area contributed by atoms with Crippen LogP contribution < -0.4 is 5.73 Å². The molecule has 3 nitrogen and oxygen atoms in total. The number of nitrogens with zero attached hydrogens (tertiary/aromatic N) is 2. The summed E-state index contributed by atoms with van der Waals surface area (Å²) in [6.45, 7) is 10.4. The molecule has 2 bridgehead atoms. The third-order valence-electron chi connectivity index (χ3n) is 5.97. The fourth-order valence-electron chi connectivity index (χ4n) is 4.86. The van der Waals surface area contributed by atoms with Crippen LogP contribution in [0, 0.1) is 11.8 Å². The smallest absolute Gasteiger partial charge is 0.0363 e. The van der Waals surface area contributed by atoms with Gasteiger partial charge in [0.15, 0.2) is 0 Å². The van der Waals surface area contributed by atoms with Crippen LogP contribution in [-0.4, -0.2) is 54.1 Å². The minimum absolute atomic E-state index is 0.381. The van der Waals surface area contributed by atoms with Gasteiger partial charge in [0.1, 0.15) is 0 Å². The molecular weight excluding hydrogens is 222 g/mol. The summed E-state index contributed by atoms with van der Waals surface area (Å²) in [7, 11) is 0. The van der Waals surface area contributed by atoms with Gasteiger partial charge in [0, 0.05) is 44.3 Å². The van der Waals surface area contributed by atoms with Gasteiger partial charge in [0.05, 0.1) is 0 Å². The molecule has 2 aliphatic carbocycles. The summed E-state index contributed by atoms with van der Waals surface area (Å²) >= 11 is 0. The van der Waals surface area contributed by atoms with Crippen LogP contribution in [0.25, 0.3) is 0 Å². The molecule has 0 aromatic carbocycles. The van der Waals surface area contributed by atoms with E-state index in [9.17, 15) is 0 Å². The topological polar surface area (TPSA) is 32.5 Å². The van der Waals surface area contributed by atoms with E-state index >= 15 is 0 Å². The van der Waals surface area contributed by atoms with Gasteiger partial charge in [-0.2, -0.15) is 0 Å². The van der Waals surface area contributed by atoms with Crippen molar-refractivity contribution in [3.05, 3.63) is 0 Å². The SMILES string of the molecule is CC(C)N1CCN(C2(CN)CC3CCC2C3)CC1. The maximum atomic E-state index is 6.23. The standard InChI is InChI=1S/C15H29N3/c1-12(2)17-5-7-18(8-6-17)15(11-16)10-13-3-4-14(15)9-13/h12-14H,3-11,16H2,1-2H3. The molecule has 0 amide bonds. The van der Waals surface area contributed by atoms with Crippen LogP contribution >= 0.6 is 0 Å². The van der Waals surface area contributed by atoms with Gasteiger partial charge in [0.2, 0.25) is 0 Å². The van der Waals surface area contributed by atoms with Crippen molar-refractivity contribution in [3.63, 3.8) is 0 Å². The van der Waals surface area contributed by atoms with Crippen LogP contribution in [0.1, 0.15) is 39.5 Å². The Kier molecular flexibility index (Phi) is 3.41. The number of nitrogens with two attached hydrogens (primary N) is 1. The fourth-order valence-corrected chi connectivity index (χ4v) is 4.86. The van der Waals surface area contributed by atoms with E-state index in [1.165, 1.54) is 51.9 Å². The van der Waals surface area contributed by atoms with Crippen molar-refractivity contribution < 1.29 is 0 Å². The Bertz CT molecular complexity index is 296. The molecule has 18 heavy (non-hydrogen) atoms. The molecule has 104 valence electrons. The molecule has 0 aromatic heterocycles. The Hall–Kier alpha value is -0.120. The summed E-state index contributed by atoms with van der Waals surface area (Å²) in [6.07, 6.45) is 5.75. The van der Waals surface area contributed by atoms with Crippen molar-refractivity contribution in [2.24, 2.45) is 17.6 Å². The lowest BCUT2D eigenvalue weighted by Crippen LogP contribution is -2.63. The number of piperazine rings is 1. The Balaban J connectivity index is 1.68. The molecule has 1 saturated heterocycles. The predicted octanol–water partition coefficient (Wildman–Crippen LogP) is 1.53. The molecule has 2 N–H and O–H groups in total. The Labute approximate surface area is 112 Å². The summed E-state index contributed by atoms with van der Waals surface area (Å²) in [5.74, 6) is 1.89. The second-order valence-corrected chi connectivity index (χ2v) is 7.00. The van der Waals surface area contributed by atoms with Crippen molar-refractivity contribution in [1.82, 2.24) is 9.80 Å². The van der Waals surface area contributed by atoms with Gasteiger partial charge in [-0.15, -0.1) is 0 Å². The van der Waals surface area contributed by atoms with Crippen LogP contribution in [0.5, 0.6) is 0 Å². The minimum atomic E-state index is 0.381. The monoisotopic (exact) mass is 251 g/mol. The van der Waals surface area contributed by atoms with Gasteiger partial charge in [0.25, 0.3) is 0 Å². The number of fused-ring (bicyclic) bond motifs is 2. The molecule has 2 saturated carbocycles. The van der Waals surface area contributed by atoms with E-state index in [0.29, 0.717) is 11.6 Å². The summed E-state index contributed by atoms with van der Waals surface area (Å²) in [6, 6.07) is 0.695. The number of hydrogen-bond donors (Lipinski definition) is 1. The molecule has 0 aromatic rings. The van der Waals surface area contributed by atoms with Crippen molar-refractivity contribution in [2.75, 3.05) is 32.7 Å². The first-order valence-corrected chi connectivity index (χ1v) is 7.85. The molecular formula is C15H29N3. The highest BCUT2D eigenvalue weighted by Gasteiger charge is 2.53. The first kappa shape index (κ1) is 12.9. The van der Waals surface area contributed by atoms with Crippen LogP contribution in [0.2, 0.25) is 0 Å². The molecule has 0 radical (unpaired) electrons. The average molecular weight is 251 g/mol. The van der Waals surface area contributed by atoms with E-state index in [4.69, 9.17) is 5.73 Å². The van der Waals surface area contributed by atoms with E-state index in [0.717, 1.165) is 18.4 Å². The van der Waals surface area contributed by atoms with E-state index in [2.05, 4.69) is 23.6 Å². The zero-order valence-corrected chi connectivity index (χ0v) is 12.1. The van der Waals surface area contributed by atoms with Gasteiger partial charge >= 0.3 is 0 Å². The first-order valence-electron chi connectivity index (χ1n) is 7.85. The van der Waals surface area contributed by atoms with Crippen molar-refractivity contribution >= 4 is 0 Å². The average Bonchev–Trinajstić information content (AvgIpc) is 2.99. The summed E-state index contributed by atoms with van der Waals surface area (Å²) < 4.78 is 0. The normalized spacial score (nSPS) is 42.0. The zero-order chi connectivity index (χ0) is 12.8. The summed E-state index contributed by atoms with van der Waals surface area (Å²) in [5.41, 5.74) is 6.61. The molecule has 0 spiro atoms. The fraction of sp³-hybridized carbons (Fsp3) is 1.00. The van der Waals surface area contributed by atoms with E-state index in [1.807, 2.05) is 0 Å². The molecule has 3 aliphatic rings. The lowest BCUT2D eigenvalue weighted by atomic mass is 9.79. The van der Waals surface area contributed by atoms with Crippen molar-refractivity contribution in [2.45, 2.75) is 51.1 Å². The van der Waals surface area contributed by atoms with Crippen LogP contribution in [0.4, 0.5) is 0 Å². The van der Waals surface area contributed by atoms with Gasteiger partial charge < -0.3 is 5.73 Å². The van der Waals surface area contributed by atoms with Crippen molar-refractivity contribution in [3.8, 4) is 0 Å². The molecule has 1 heterocycles. The predicted molar refractivity (Wildman–Crippen MR) is 75.5 cm³/mol. The second kappa shape index (κ2) is 4.77. The van der Waals surface area contributed by atoms with E-state index in [1.54, 1.807) is 0 Å². The Morgan fingerprint density at radius 3 is 2.33 bits per heavy atom. The molecule has 3 rings (SSSR count). The van der Waals surface area contributed by atoms with Crippen LogP contribution in [-0.2, 0) is 0 Å². The second-order valence-electron chi connectivity index (χ2n) is 7.00. The van der Waals surface area contributed by atoms with Gasteiger partial charge in [-0.25, -0.2) is 0 Å². The third kappa shape index (κ3) is 1.91. The van der Waals surface area contributed by atoms with Crippen LogP contribution in [0.15, 0.2) is 0 Å². The summed E-state index contributed by atoms with van der Waals surface area (Å²) in [5, 5.41) is 0. The first-order chi connectivity index (χ1) is 8.65. The molecule has 1 aliphatic heterocycles. The number of rotatable bonds is 3. The Morgan fingerprint density at radius 2 is 1.89 bits per heavy atom. The molecule has 3 atom stereocenters. The maximum Gasteiger partial charge on any atom is 0.0363 e. The zero-order valence-electron chi connectivity index (χ0n) is 12.1. The third-order valence-corrected chi connectivity index (χ3v) is 5.97. The Morgan fingerprint density at radius 1 is 1.17 bits per heavy atom. The van der Waals surface area contributed by atoms with Gasteiger partial charge in [-0.1, -0.05) is 6.42 Å². The quantitative estimate of drug-likeness (QED) is 0.825. The molecule has 3 unspecified atom stereocenters. The largest absolute Gasteiger partial charge is 0.329 e. The highest BCUT2D eigenvalue weighted by Crippen LogP contribution is 2.53. The van der Waals surface area contributed by atoms with Gasteiger partial charge in [-0.3, -0.25) is 9.80 Å². The maximum absolute atomic E-state index is 6.23. The van der Waals surface area contributed by atoms with E-state index in [-0.39, 0.29) is 0 Å². The highest BCUT2D eigenvalue weighted by molar-refractivity contribution is 5.09.